The monoisotopic (exact) mass is 338 g/mol. The molecule has 0 aliphatic rings. The molecule has 23 heavy (non-hydrogen) atoms. The maximum absolute atomic E-state index is 11.9. The fourth-order valence-electron chi connectivity index (χ4n) is 1.87. The van der Waals surface area contributed by atoms with Crippen molar-refractivity contribution in [2.45, 2.75) is 13.0 Å². The van der Waals surface area contributed by atoms with E-state index >= 15 is 0 Å². The van der Waals surface area contributed by atoms with Gasteiger partial charge in [-0.3, -0.25) is 0 Å². The zero-order valence-electron chi connectivity index (χ0n) is 12.8. The molecule has 6 nitrogen and oxygen atoms in total. The molecule has 2 N–H and O–H groups in total. The lowest BCUT2D eigenvalue weighted by atomic mass is 10.3. The van der Waals surface area contributed by atoms with Crippen LogP contribution in [-0.2, 0) is 6.61 Å². The van der Waals surface area contributed by atoms with Crippen LogP contribution in [0.25, 0.3) is 0 Å². The van der Waals surface area contributed by atoms with Gasteiger partial charge in [0, 0.05) is 25.9 Å². The van der Waals surface area contributed by atoms with Crippen LogP contribution in [0.4, 0.5) is 10.5 Å². The number of hydrogen-bond acceptors (Lipinski definition) is 4. The third kappa shape index (κ3) is 5.19. The summed E-state index contributed by atoms with van der Waals surface area (Å²) in [4.78, 5) is 13.4. The number of nitrogens with zero attached hydrogens (tertiary/aromatic N) is 1. The molecule has 1 aromatic carbocycles. The fourth-order valence-corrected chi connectivity index (χ4v) is 2.10. The minimum atomic E-state index is -0.265. The average Bonchev–Trinajstić information content (AvgIpc) is 3.05. The molecule has 0 saturated heterocycles. The number of rotatable bonds is 7. The van der Waals surface area contributed by atoms with E-state index in [1.807, 2.05) is 6.07 Å². The highest BCUT2D eigenvalue weighted by molar-refractivity contribution is 6.32. The van der Waals surface area contributed by atoms with Gasteiger partial charge in [0.1, 0.15) is 18.1 Å². The van der Waals surface area contributed by atoms with Crippen LogP contribution in [0.2, 0.25) is 5.02 Å². The number of anilines is 1. The number of carbonyl (C=O) groups excluding carboxylic acids is 1. The van der Waals surface area contributed by atoms with Gasteiger partial charge >= 0.3 is 6.03 Å². The minimum Gasteiger partial charge on any atom is -0.484 e. The van der Waals surface area contributed by atoms with Crippen molar-refractivity contribution in [3.63, 3.8) is 0 Å². The molecular weight excluding hydrogens is 320 g/mol. The summed E-state index contributed by atoms with van der Waals surface area (Å²) in [6.07, 6.45) is 2.11. The van der Waals surface area contributed by atoms with Gasteiger partial charge in [0.25, 0.3) is 0 Å². The number of ether oxygens (including phenoxy) is 1. The lowest BCUT2D eigenvalue weighted by molar-refractivity contribution is 0.214. The summed E-state index contributed by atoms with van der Waals surface area (Å²) in [6.45, 7) is 0.799. The molecule has 0 saturated carbocycles. The van der Waals surface area contributed by atoms with Crippen LogP contribution < -0.4 is 10.1 Å². The molecule has 7 heteroatoms. The van der Waals surface area contributed by atoms with Gasteiger partial charge in [0.05, 0.1) is 11.3 Å². The molecule has 0 atom stereocenters. The summed E-state index contributed by atoms with van der Waals surface area (Å²) < 4.78 is 10.7. The molecule has 0 spiro atoms. The largest absolute Gasteiger partial charge is 0.484 e. The Kier molecular flexibility index (Phi) is 6.31. The topological polar surface area (TPSA) is 74.9 Å². The first-order chi connectivity index (χ1) is 11.1. The van der Waals surface area contributed by atoms with Gasteiger partial charge in [0.15, 0.2) is 0 Å². The Morgan fingerprint density at radius 3 is 2.91 bits per heavy atom. The van der Waals surface area contributed by atoms with Crippen LogP contribution in [-0.4, -0.2) is 36.2 Å². The molecule has 2 rings (SSSR count). The molecule has 2 amide bonds. The molecule has 1 heterocycles. The second-order valence-corrected chi connectivity index (χ2v) is 5.35. The number of halogens is 1. The Bertz CT molecular complexity index is 631. The third-order valence-corrected chi connectivity index (χ3v) is 3.43. The van der Waals surface area contributed by atoms with Gasteiger partial charge in [-0.2, -0.15) is 0 Å². The minimum absolute atomic E-state index is 0.0468. The Morgan fingerprint density at radius 1 is 1.43 bits per heavy atom. The van der Waals surface area contributed by atoms with Crippen LogP contribution >= 0.6 is 11.6 Å². The van der Waals surface area contributed by atoms with E-state index in [0.717, 1.165) is 0 Å². The summed E-state index contributed by atoms with van der Waals surface area (Å²) >= 11 is 6.16. The van der Waals surface area contributed by atoms with Crippen LogP contribution in [0.5, 0.6) is 5.75 Å². The number of aliphatic hydroxyl groups is 1. The first kappa shape index (κ1) is 17.2. The molecule has 0 bridgehead atoms. The standard InChI is InChI=1S/C16H19ClN2O4/c1-19(7-3-8-20)16(21)18-12-5-6-15(14(17)10-12)23-11-13-4-2-9-22-13/h2,4-6,9-10,20H,3,7-8,11H2,1H3,(H,18,21). The Morgan fingerprint density at radius 2 is 2.26 bits per heavy atom. The quantitative estimate of drug-likeness (QED) is 0.811. The first-order valence-corrected chi connectivity index (χ1v) is 7.55. The van der Waals surface area contributed by atoms with Gasteiger partial charge in [-0.25, -0.2) is 4.79 Å². The Balaban J connectivity index is 1.91. The molecule has 0 unspecified atom stereocenters. The van der Waals surface area contributed by atoms with Crippen molar-refractivity contribution in [2.24, 2.45) is 0 Å². The second-order valence-electron chi connectivity index (χ2n) is 4.94. The van der Waals surface area contributed by atoms with Crippen molar-refractivity contribution < 1.29 is 19.1 Å². The fraction of sp³-hybridized carbons (Fsp3) is 0.312. The van der Waals surface area contributed by atoms with Crippen molar-refractivity contribution in [2.75, 3.05) is 25.5 Å². The van der Waals surface area contributed by atoms with Crippen molar-refractivity contribution in [1.82, 2.24) is 4.90 Å². The van der Waals surface area contributed by atoms with E-state index in [2.05, 4.69) is 5.32 Å². The average molecular weight is 339 g/mol. The van der Waals surface area contributed by atoms with Gasteiger partial charge in [-0.15, -0.1) is 0 Å². The van der Waals surface area contributed by atoms with Gasteiger partial charge in [0.2, 0.25) is 0 Å². The lowest BCUT2D eigenvalue weighted by Gasteiger charge is -2.17. The highest BCUT2D eigenvalue weighted by Crippen LogP contribution is 2.28. The molecule has 124 valence electrons. The Labute approximate surface area is 139 Å². The number of amides is 2. The maximum Gasteiger partial charge on any atom is 0.321 e. The van der Waals surface area contributed by atoms with Gasteiger partial charge in [-0.05, 0) is 36.8 Å². The van der Waals surface area contributed by atoms with Crippen LogP contribution in [0, 0.1) is 0 Å². The molecule has 0 aliphatic carbocycles. The van der Waals surface area contributed by atoms with Crippen molar-refractivity contribution in [3.8, 4) is 5.75 Å². The van der Waals surface area contributed by atoms with Gasteiger partial charge < -0.3 is 24.5 Å². The number of aliphatic hydroxyl groups excluding tert-OH is 1. The number of furan rings is 1. The predicted molar refractivity (Wildman–Crippen MR) is 87.8 cm³/mol. The van der Waals surface area contributed by atoms with E-state index in [0.29, 0.717) is 35.2 Å². The molecule has 0 radical (unpaired) electrons. The van der Waals surface area contributed by atoms with Crippen LogP contribution in [0.3, 0.4) is 0 Å². The summed E-state index contributed by atoms with van der Waals surface area (Å²) in [5.74, 6) is 1.21. The summed E-state index contributed by atoms with van der Waals surface area (Å²) in [7, 11) is 1.66. The maximum atomic E-state index is 11.9. The predicted octanol–water partition coefficient (Wildman–Crippen LogP) is 3.36. The van der Waals surface area contributed by atoms with E-state index in [1.165, 1.54) is 4.90 Å². The molecule has 0 fully saturated rings. The van der Waals surface area contributed by atoms with E-state index in [-0.39, 0.29) is 19.2 Å². The third-order valence-electron chi connectivity index (χ3n) is 3.13. The highest BCUT2D eigenvalue weighted by Gasteiger charge is 2.10. The smallest absolute Gasteiger partial charge is 0.321 e. The summed E-state index contributed by atoms with van der Waals surface area (Å²) in [6, 6.07) is 8.35. The summed E-state index contributed by atoms with van der Waals surface area (Å²) in [5.41, 5.74) is 0.571. The molecular formula is C16H19ClN2O4. The van der Waals surface area contributed by atoms with Crippen LogP contribution in [0.15, 0.2) is 41.0 Å². The van der Waals surface area contributed by atoms with E-state index < -0.39 is 0 Å². The lowest BCUT2D eigenvalue weighted by Crippen LogP contribution is -2.32. The zero-order chi connectivity index (χ0) is 16.7. The molecule has 2 aromatic rings. The van der Waals surface area contributed by atoms with Crippen molar-refractivity contribution >= 4 is 23.3 Å². The number of benzene rings is 1. The summed E-state index contributed by atoms with van der Waals surface area (Å²) in [5, 5.41) is 11.9. The number of urea groups is 1. The Hall–Kier alpha value is -2.18. The van der Waals surface area contributed by atoms with E-state index in [4.69, 9.17) is 25.9 Å². The SMILES string of the molecule is CN(CCCO)C(=O)Nc1ccc(OCc2ccco2)c(Cl)c1. The number of nitrogens with one attached hydrogen (secondary N) is 1. The van der Waals surface area contributed by atoms with Crippen molar-refractivity contribution in [1.29, 1.82) is 0 Å². The zero-order valence-corrected chi connectivity index (χ0v) is 13.5. The van der Waals surface area contributed by atoms with E-state index in [9.17, 15) is 4.79 Å². The molecule has 1 aromatic heterocycles. The normalized spacial score (nSPS) is 10.4. The molecule has 0 aliphatic heterocycles. The second kappa shape index (κ2) is 8.45. The first-order valence-electron chi connectivity index (χ1n) is 7.18. The van der Waals surface area contributed by atoms with Gasteiger partial charge in [-0.1, -0.05) is 11.6 Å². The van der Waals surface area contributed by atoms with Crippen molar-refractivity contribution in [3.05, 3.63) is 47.4 Å². The van der Waals surface area contributed by atoms with Crippen LogP contribution in [0.1, 0.15) is 12.2 Å². The number of hydrogen-bond donors (Lipinski definition) is 2. The van der Waals surface area contributed by atoms with E-state index in [1.54, 1.807) is 37.6 Å². The highest BCUT2D eigenvalue weighted by atomic mass is 35.5. The number of carbonyl (C=O) groups is 1.